The molecule has 1 aliphatic rings. The third-order valence-corrected chi connectivity index (χ3v) is 4.97. The standard InChI is InChI=1S/C14H26N2O3/c1-9(2)16(8-11(17)18)12(19)15-7-10-13(3,4)14(10,5)6/h9-10H,7-8H2,1-6H3,(H,15,19)(H,17,18). The SMILES string of the molecule is CC(C)N(CC(=O)O)C(=O)NCC1C(C)(C)C1(C)C. The van der Waals surface area contributed by atoms with Crippen molar-refractivity contribution in [3.8, 4) is 0 Å². The van der Waals surface area contributed by atoms with Gasteiger partial charge in [-0.05, 0) is 30.6 Å². The fraction of sp³-hybridized carbons (Fsp3) is 0.857. The first-order chi connectivity index (χ1) is 8.51. The van der Waals surface area contributed by atoms with Gasteiger partial charge in [0.2, 0.25) is 0 Å². The number of hydrogen-bond donors (Lipinski definition) is 2. The lowest BCUT2D eigenvalue weighted by Gasteiger charge is -2.25. The van der Waals surface area contributed by atoms with Gasteiger partial charge in [-0.2, -0.15) is 0 Å². The number of carbonyl (C=O) groups is 2. The maximum atomic E-state index is 12.0. The van der Waals surface area contributed by atoms with E-state index in [1.165, 1.54) is 4.90 Å². The monoisotopic (exact) mass is 270 g/mol. The Morgan fingerprint density at radius 1 is 1.21 bits per heavy atom. The van der Waals surface area contributed by atoms with Crippen molar-refractivity contribution < 1.29 is 14.7 Å². The van der Waals surface area contributed by atoms with Crippen LogP contribution < -0.4 is 5.32 Å². The Hall–Kier alpha value is -1.26. The van der Waals surface area contributed by atoms with Crippen LogP contribution in [0.4, 0.5) is 4.79 Å². The highest BCUT2D eigenvalue weighted by Gasteiger charge is 2.64. The average molecular weight is 270 g/mol. The molecule has 19 heavy (non-hydrogen) atoms. The van der Waals surface area contributed by atoms with Crippen molar-refractivity contribution in [1.29, 1.82) is 0 Å². The van der Waals surface area contributed by atoms with Crippen LogP contribution in [-0.2, 0) is 4.79 Å². The molecule has 0 spiro atoms. The summed E-state index contributed by atoms with van der Waals surface area (Å²) in [5.74, 6) is -0.557. The lowest BCUT2D eigenvalue weighted by atomic mass is 10.0. The Kier molecular flexibility index (Phi) is 4.17. The quantitative estimate of drug-likeness (QED) is 0.804. The van der Waals surface area contributed by atoms with Crippen LogP contribution in [0.5, 0.6) is 0 Å². The Bertz CT molecular complexity index is 361. The molecule has 5 heteroatoms. The highest BCUT2D eigenvalue weighted by molar-refractivity contribution is 5.80. The number of carboxylic acid groups (broad SMARTS) is 1. The van der Waals surface area contributed by atoms with E-state index in [9.17, 15) is 9.59 Å². The highest BCUT2D eigenvalue weighted by Crippen LogP contribution is 2.67. The number of hydrogen-bond acceptors (Lipinski definition) is 2. The second-order valence-corrected chi connectivity index (χ2v) is 6.80. The van der Waals surface area contributed by atoms with Crippen molar-refractivity contribution in [2.45, 2.75) is 47.6 Å². The van der Waals surface area contributed by atoms with E-state index in [0.29, 0.717) is 12.5 Å². The summed E-state index contributed by atoms with van der Waals surface area (Å²) in [7, 11) is 0. The van der Waals surface area contributed by atoms with E-state index >= 15 is 0 Å². The molecule has 0 aromatic heterocycles. The molecule has 0 heterocycles. The zero-order valence-corrected chi connectivity index (χ0v) is 12.8. The second-order valence-electron chi connectivity index (χ2n) is 6.80. The Morgan fingerprint density at radius 2 is 1.68 bits per heavy atom. The van der Waals surface area contributed by atoms with Gasteiger partial charge in [0.15, 0.2) is 0 Å². The fourth-order valence-electron chi connectivity index (χ4n) is 2.77. The lowest BCUT2D eigenvalue weighted by Crippen LogP contribution is -2.47. The first-order valence-electron chi connectivity index (χ1n) is 6.78. The summed E-state index contributed by atoms with van der Waals surface area (Å²) in [6.45, 7) is 12.7. The first kappa shape index (κ1) is 15.8. The summed E-state index contributed by atoms with van der Waals surface area (Å²) < 4.78 is 0. The number of nitrogens with one attached hydrogen (secondary N) is 1. The molecule has 2 N–H and O–H groups in total. The fourth-order valence-corrected chi connectivity index (χ4v) is 2.77. The molecule has 0 aromatic rings. The molecule has 1 fully saturated rings. The van der Waals surface area contributed by atoms with Crippen LogP contribution in [0.3, 0.4) is 0 Å². The van der Waals surface area contributed by atoms with Gasteiger partial charge in [0.25, 0.3) is 0 Å². The lowest BCUT2D eigenvalue weighted by molar-refractivity contribution is -0.138. The van der Waals surface area contributed by atoms with Gasteiger partial charge in [0, 0.05) is 12.6 Å². The number of rotatable bonds is 5. The molecule has 0 radical (unpaired) electrons. The van der Waals surface area contributed by atoms with E-state index in [1.54, 1.807) is 0 Å². The van der Waals surface area contributed by atoms with Crippen molar-refractivity contribution in [2.24, 2.45) is 16.7 Å². The molecule has 0 atom stereocenters. The van der Waals surface area contributed by atoms with Crippen molar-refractivity contribution in [2.75, 3.05) is 13.1 Å². The van der Waals surface area contributed by atoms with Gasteiger partial charge in [0.1, 0.15) is 6.54 Å². The molecule has 1 saturated carbocycles. The maximum Gasteiger partial charge on any atom is 0.323 e. The minimum absolute atomic E-state index is 0.128. The molecule has 0 aliphatic heterocycles. The van der Waals surface area contributed by atoms with Crippen molar-refractivity contribution >= 4 is 12.0 Å². The molecule has 0 saturated heterocycles. The molecule has 1 aliphatic carbocycles. The van der Waals surface area contributed by atoms with Gasteiger partial charge in [0.05, 0.1) is 0 Å². The van der Waals surface area contributed by atoms with Crippen molar-refractivity contribution in [3.63, 3.8) is 0 Å². The minimum atomic E-state index is -0.990. The van der Waals surface area contributed by atoms with Crippen LogP contribution in [0, 0.1) is 16.7 Å². The highest BCUT2D eigenvalue weighted by atomic mass is 16.4. The molecule has 5 nitrogen and oxygen atoms in total. The minimum Gasteiger partial charge on any atom is -0.480 e. The summed E-state index contributed by atoms with van der Waals surface area (Å²) in [6.07, 6.45) is 0. The number of urea groups is 1. The first-order valence-corrected chi connectivity index (χ1v) is 6.78. The van der Waals surface area contributed by atoms with E-state index in [1.807, 2.05) is 13.8 Å². The van der Waals surface area contributed by atoms with Crippen LogP contribution in [0.2, 0.25) is 0 Å². The van der Waals surface area contributed by atoms with E-state index < -0.39 is 5.97 Å². The summed E-state index contributed by atoms with van der Waals surface area (Å²) >= 11 is 0. The van der Waals surface area contributed by atoms with Gasteiger partial charge >= 0.3 is 12.0 Å². The largest absolute Gasteiger partial charge is 0.480 e. The van der Waals surface area contributed by atoms with E-state index in [0.717, 1.165) is 0 Å². The topological polar surface area (TPSA) is 69.6 Å². The molecular weight excluding hydrogens is 244 g/mol. The van der Waals surface area contributed by atoms with E-state index in [2.05, 4.69) is 33.0 Å². The van der Waals surface area contributed by atoms with Crippen LogP contribution in [0.1, 0.15) is 41.5 Å². The molecule has 0 bridgehead atoms. The molecule has 0 aromatic carbocycles. The predicted octanol–water partition coefficient (Wildman–Crippen LogP) is 2.17. The molecular formula is C14H26N2O3. The Labute approximate surface area is 115 Å². The average Bonchev–Trinajstić information content (AvgIpc) is 2.62. The molecule has 110 valence electrons. The summed E-state index contributed by atoms with van der Waals surface area (Å²) in [5, 5.41) is 11.7. The van der Waals surface area contributed by atoms with Crippen LogP contribution in [0.15, 0.2) is 0 Å². The van der Waals surface area contributed by atoms with Crippen molar-refractivity contribution in [1.82, 2.24) is 10.2 Å². The van der Waals surface area contributed by atoms with Crippen LogP contribution in [0.25, 0.3) is 0 Å². The van der Waals surface area contributed by atoms with Crippen molar-refractivity contribution in [3.05, 3.63) is 0 Å². The predicted molar refractivity (Wildman–Crippen MR) is 73.9 cm³/mol. The number of aliphatic carboxylic acids is 1. The zero-order valence-electron chi connectivity index (χ0n) is 12.8. The normalized spacial score (nSPS) is 20.2. The van der Waals surface area contributed by atoms with Gasteiger partial charge in [-0.1, -0.05) is 27.7 Å². The number of carboxylic acids is 1. The zero-order chi connectivity index (χ0) is 15.0. The summed E-state index contributed by atoms with van der Waals surface area (Å²) in [4.78, 5) is 24.1. The van der Waals surface area contributed by atoms with E-state index in [-0.39, 0.29) is 29.4 Å². The second kappa shape index (κ2) is 5.02. The summed E-state index contributed by atoms with van der Waals surface area (Å²) in [6, 6.07) is -0.424. The molecule has 2 amide bonds. The third kappa shape index (κ3) is 3.01. The number of amides is 2. The maximum absolute atomic E-state index is 12.0. The number of nitrogens with zero attached hydrogens (tertiary/aromatic N) is 1. The van der Waals surface area contributed by atoms with Gasteiger partial charge in [-0.15, -0.1) is 0 Å². The molecule has 0 unspecified atom stereocenters. The van der Waals surface area contributed by atoms with Crippen LogP contribution in [-0.4, -0.2) is 41.1 Å². The van der Waals surface area contributed by atoms with Gasteiger partial charge < -0.3 is 15.3 Å². The van der Waals surface area contributed by atoms with Gasteiger partial charge in [-0.25, -0.2) is 4.79 Å². The smallest absolute Gasteiger partial charge is 0.323 e. The van der Waals surface area contributed by atoms with Crippen LogP contribution >= 0.6 is 0 Å². The molecule has 1 rings (SSSR count). The van der Waals surface area contributed by atoms with Gasteiger partial charge in [-0.3, -0.25) is 4.79 Å². The third-order valence-electron chi connectivity index (χ3n) is 4.97. The van der Waals surface area contributed by atoms with E-state index in [4.69, 9.17) is 5.11 Å². The summed E-state index contributed by atoms with van der Waals surface area (Å²) in [5.41, 5.74) is 0.436. The Morgan fingerprint density at radius 3 is 2.00 bits per heavy atom. The number of carbonyl (C=O) groups excluding carboxylic acids is 1. The Balaban J connectivity index is 2.53.